The minimum absolute atomic E-state index is 0.00359. The van der Waals surface area contributed by atoms with Crippen LogP contribution in [-0.4, -0.2) is 170 Å². The van der Waals surface area contributed by atoms with Crippen LogP contribution in [0.1, 0.15) is 75.4 Å². The number of rotatable bonds is 18. The van der Waals surface area contributed by atoms with E-state index in [0.29, 0.717) is 30.4 Å². The summed E-state index contributed by atoms with van der Waals surface area (Å²) in [6.07, 6.45) is -3.80. The van der Waals surface area contributed by atoms with Crippen molar-refractivity contribution in [2.24, 2.45) is 28.6 Å². The fourth-order valence-corrected chi connectivity index (χ4v) is 13.6. The van der Waals surface area contributed by atoms with Gasteiger partial charge in [-0.1, -0.05) is 55.8 Å². The average Bonchev–Trinajstić information content (AvgIpc) is 4.14. The summed E-state index contributed by atoms with van der Waals surface area (Å²) in [5.41, 5.74) is -1.15. The Kier molecular flexibility index (Phi) is 15.5. The lowest BCUT2D eigenvalue weighted by atomic mass is 9.46. The van der Waals surface area contributed by atoms with Gasteiger partial charge in [0.15, 0.2) is 29.6 Å². The number of alkyl carbamates (subject to hydrolysis) is 1. The zero-order valence-corrected chi connectivity index (χ0v) is 43.8. The number of hydrogen-bond acceptors (Lipinski definition) is 19. The summed E-state index contributed by atoms with van der Waals surface area (Å²) < 4.78 is 35.6. The molecule has 4 aliphatic carbocycles. The number of Topliss-reactive ketones (excluding diaryl/α,β-unsaturated/α-hetero) is 1. The number of hydrogen-bond donors (Lipinski definition) is 9. The SMILES string of the molecule is C[C@]12C=CC(=O)C=C1CC[C@@H]1[C@@H]2[C@@H](O)C[C@@]2(C)[C@H]1C[C@H]1O[C@@H](c3ccc(CC4(NC(=O)OCc5ccc(O[C@@H]6O[C@H](C(=O)O)[C@@H](O)[C@H](O)[C@H]6O)c(NC(=O)CCNC(=O)CCN6C(=O)C=CC6=O)c5)COC4)cc3)O[C@]12C(=O)CO. The third-order valence-corrected chi connectivity index (χ3v) is 17.6. The number of nitrogens with one attached hydrogen (secondary N) is 3. The van der Waals surface area contributed by atoms with Gasteiger partial charge in [0.05, 0.1) is 36.6 Å². The molecular formula is C56H64N4O20. The Hall–Kier alpha value is -6.74. The number of carboxylic acid groups (broad SMARTS) is 1. The lowest BCUT2D eigenvalue weighted by molar-refractivity contribution is -0.271. The number of ketones is 2. The van der Waals surface area contributed by atoms with Crippen molar-refractivity contribution < 1.29 is 97.4 Å². The zero-order chi connectivity index (χ0) is 57.1. The number of benzene rings is 2. The number of carbonyl (C=O) groups excluding carboxylic acids is 7. The Morgan fingerprint density at radius 3 is 2.27 bits per heavy atom. The highest BCUT2D eigenvalue weighted by atomic mass is 16.7. The Labute approximate surface area is 458 Å². The molecule has 24 heteroatoms. The van der Waals surface area contributed by atoms with Crippen LogP contribution in [0.15, 0.2) is 78.4 Å². The molecule has 80 heavy (non-hydrogen) atoms. The van der Waals surface area contributed by atoms with Crippen molar-refractivity contribution in [3.8, 4) is 5.75 Å². The van der Waals surface area contributed by atoms with Crippen molar-refractivity contribution in [3.63, 3.8) is 0 Å². The van der Waals surface area contributed by atoms with E-state index < -0.39 is 119 Å². The molecule has 9 N–H and O–H groups in total. The van der Waals surface area contributed by atoms with Gasteiger partial charge in [-0.15, -0.1) is 0 Å². The number of carboxylic acids is 1. The second-order valence-corrected chi connectivity index (χ2v) is 22.5. The first-order valence-electron chi connectivity index (χ1n) is 26.6. The maximum Gasteiger partial charge on any atom is 0.408 e. The van der Waals surface area contributed by atoms with Crippen molar-refractivity contribution >= 4 is 52.9 Å². The number of allylic oxidation sites excluding steroid dienone is 4. The Bertz CT molecular complexity index is 2920. The first kappa shape index (κ1) is 56.5. The van der Waals surface area contributed by atoms with E-state index >= 15 is 0 Å². The molecular weight excluding hydrogens is 1050 g/mol. The molecule has 4 aliphatic heterocycles. The average molecular weight is 1110 g/mol. The molecule has 10 rings (SSSR count). The van der Waals surface area contributed by atoms with Gasteiger partial charge in [-0.25, -0.2) is 9.59 Å². The van der Waals surface area contributed by atoms with Gasteiger partial charge in [0.1, 0.15) is 37.3 Å². The summed E-state index contributed by atoms with van der Waals surface area (Å²) in [6.45, 7) is 2.86. The maximum absolute atomic E-state index is 14.1. The Morgan fingerprint density at radius 2 is 1.59 bits per heavy atom. The maximum atomic E-state index is 14.1. The van der Waals surface area contributed by atoms with Gasteiger partial charge >= 0.3 is 12.1 Å². The molecule has 4 heterocycles. The summed E-state index contributed by atoms with van der Waals surface area (Å²) >= 11 is 0. The van der Waals surface area contributed by atoms with E-state index in [0.717, 1.165) is 34.6 Å². The number of nitrogens with zero attached hydrogens (tertiary/aromatic N) is 1. The number of amides is 5. The second-order valence-electron chi connectivity index (χ2n) is 22.5. The van der Waals surface area contributed by atoms with Crippen LogP contribution in [0.4, 0.5) is 10.5 Å². The van der Waals surface area contributed by atoms with E-state index in [1.54, 1.807) is 12.2 Å². The lowest BCUT2D eigenvalue weighted by Crippen LogP contribution is -2.63. The highest BCUT2D eigenvalue weighted by Gasteiger charge is 2.76. The van der Waals surface area contributed by atoms with Crippen LogP contribution in [0.2, 0.25) is 0 Å². The van der Waals surface area contributed by atoms with E-state index in [9.17, 15) is 69.0 Å². The molecule has 0 radical (unpaired) electrons. The van der Waals surface area contributed by atoms with Crippen LogP contribution in [0.3, 0.4) is 0 Å². The highest BCUT2D eigenvalue weighted by Crippen LogP contribution is 2.70. The van der Waals surface area contributed by atoms with E-state index in [1.165, 1.54) is 18.2 Å². The quantitative estimate of drug-likeness (QED) is 0.0921. The standard InChI is InChI=1S/C56H64N4O20/c1-53-16-13-32(62)20-31(53)8-9-33-34-21-39-56(38(64)24-61,54(34,2)23-36(63)44(33)53)80-50(78-39)30-6-3-28(4-7-30)22-55(26-75-27-55)59-52(74)76-25-29-5-10-37(77-51-47(71)45(69)46(70)48(79-51)49(72)73)35(19-29)58-41(66)14-17-57-40(65)15-18-60-42(67)11-12-43(60)68/h3-7,10-13,16,19-20,33-34,36,39,44-48,50-51,61,63,69-71H,8-9,14-15,17-18,21-27H2,1-2H3,(H,57,65)(H,58,66)(H,59,74)(H,72,73)/t33-,34-,36-,39+,44+,45-,46-,47+,48-,50+,51+,53-,54-,56+/m0/s1. The monoisotopic (exact) mass is 1110 g/mol. The smallest absolute Gasteiger partial charge is 0.408 e. The van der Waals surface area contributed by atoms with Crippen molar-refractivity contribution in [3.05, 3.63) is 95.1 Å². The number of fused-ring (bicyclic) bond motifs is 7. The van der Waals surface area contributed by atoms with Gasteiger partial charge in [0.25, 0.3) is 11.8 Å². The molecule has 0 unspecified atom stereocenters. The van der Waals surface area contributed by atoms with E-state index in [1.807, 2.05) is 37.3 Å². The van der Waals surface area contributed by atoms with Gasteiger partial charge in [-0.05, 0) is 72.9 Å². The zero-order valence-electron chi connectivity index (χ0n) is 43.8. The normalized spacial score (nSPS) is 34.5. The summed E-state index contributed by atoms with van der Waals surface area (Å²) in [5.74, 6) is -4.99. The number of aliphatic hydroxyl groups is 5. The van der Waals surface area contributed by atoms with Gasteiger partial charge in [-0.2, -0.15) is 0 Å². The molecule has 0 bridgehead atoms. The molecule has 0 aromatic heterocycles. The summed E-state index contributed by atoms with van der Waals surface area (Å²) in [6, 6.07) is 11.4. The third kappa shape index (κ3) is 10.2. The fourth-order valence-electron chi connectivity index (χ4n) is 13.6. The van der Waals surface area contributed by atoms with E-state index in [-0.39, 0.29) is 87.1 Å². The molecule has 2 aromatic carbocycles. The van der Waals surface area contributed by atoms with Crippen LogP contribution >= 0.6 is 0 Å². The predicted octanol–water partition coefficient (Wildman–Crippen LogP) is 0.558. The number of carbonyl (C=O) groups is 8. The van der Waals surface area contributed by atoms with Crippen molar-refractivity contribution in [2.45, 2.75) is 126 Å². The Balaban J connectivity index is 0.769. The number of aliphatic carboxylic acids is 1. The number of aliphatic hydroxyl groups excluding tert-OH is 5. The van der Waals surface area contributed by atoms with Gasteiger partial charge in [0, 0.05) is 66.8 Å². The largest absolute Gasteiger partial charge is 0.479 e. The lowest BCUT2D eigenvalue weighted by Gasteiger charge is -2.59. The summed E-state index contributed by atoms with van der Waals surface area (Å²) in [7, 11) is 0. The third-order valence-electron chi connectivity index (χ3n) is 17.6. The van der Waals surface area contributed by atoms with Crippen molar-refractivity contribution in [1.29, 1.82) is 0 Å². The van der Waals surface area contributed by atoms with Crippen molar-refractivity contribution in [2.75, 3.05) is 38.2 Å². The molecule has 2 aromatic rings. The minimum atomic E-state index is -2.01. The number of ether oxygens (including phenoxy) is 6. The molecule has 428 valence electrons. The van der Waals surface area contributed by atoms with Crippen LogP contribution in [0.25, 0.3) is 0 Å². The molecule has 6 fully saturated rings. The molecule has 3 saturated heterocycles. The van der Waals surface area contributed by atoms with Gasteiger partial charge in [-0.3, -0.25) is 33.7 Å². The van der Waals surface area contributed by atoms with Crippen LogP contribution in [0, 0.1) is 28.6 Å². The topological polar surface area (TPSA) is 353 Å². The van der Waals surface area contributed by atoms with Gasteiger partial charge in [0.2, 0.25) is 18.1 Å². The van der Waals surface area contributed by atoms with Crippen LogP contribution in [0.5, 0.6) is 5.75 Å². The fraction of sp³-hybridized carbons (Fsp3) is 0.536. The van der Waals surface area contributed by atoms with Crippen LogP contribution in [-0.2, 0) is 70.3 Å². The molecule has 5 amide bonds. The van der Waals surface area contributed by atoms with Crippen molar-refractivity contribution in [1.82, 2.24) is 15.5 Å². The van der Waals surface area contributed by atoms with E-state index in [2.05, 4.69) is 22.9 Å². The first-order valence-corrected chi connectivity index (χ1v) is 26.6. The molecule has 0 spiro atoms. The molecule has 14 atom stereocenters. The van der Waals surface area contributed by atoms with E-state index in [4.69, 9.17) is 28.4 Å². The summed E-state index contributed by atoms with van der Waals surface area (Å²) in [4.78, 5) is 102. The van der Waals surface area contributed by atoms with Gasteiger partial charge < -0.3 is 75.0 Å². The molecule has 8 aliphatic rings. The summed E-state index contributed by atoms with van der Waals surface area (Å²) in [5, 5.41) is 71.2. The number of anilines is 1. The second kappa shape index (κ2) is 22.0. The Morgan fingerprint density at radius 1 is 0.863 bits per heavy atom. The predicted molar refractivity (Wildman–Crippen MR) is 272 cm³/mol. The highest BCUT2D eigenvalue weighted by molar-refractivity contribution is 6.13. The number of imide groups is 1. The minimum Gasteiger partial charge on any atom is -0.479 e. The first-order chi connectivity index (χ1) is 38.1. The molecule has 24 nitrogen and oxygen atoms in total. The van der Waals surface area contributed by atoms with Crippen LogP contribution < -0.4 is 20.7 Å². The molecule has 3 saturated carbocycles.